The van der Waals surface area contributed by atoms with Crippen molar-refractivity contribution in [1.82, 2.24) is 4.72 Å². The average molecular weight is 669 g/mol. The maximum Gasteiger partial charge on any atom is 0.264 e. The Balaban J connectivity index is 1.59. The first-order chi connectivity index (χ1) is 21.9. The van der Waals surface area contributed by atoms with E-state index in [0.717, 1.165) is 62.9 Å². The van der Waals surface area contributed by atoms with Gasteiger partial charge in [0.05, 0.1) is 16.5 Å². The Hall–Kier alpha value is -2.81. The second-order valence-corrected chi connectivity index (χ2v) is 16.1. The van der Waals surface area contributed by atoms with E-state index in [1.165, 1.54) is 11.1 Å². The zero-order chi connectivity index (χ0) is 33.1. The number of hydrogen-bond acceptors (Lipinski definition) is 6. The van der Waals surface area contributed by atoms with Crippen LogP contribution in [0.5, 0.6) is 5.75 Å². The van der Waals surface area contributed by atoms with Gasteiger partial charge in [0, 0.05) is 30.8 Å². The van der Waals surface area contributed by atoms with Crippen LogP contribution in [0.3, 0.4) is 0 Å². The van der Waals surface area contributed by atoms with Crippen LogP contribution in [0.1, 0.15) is 87.7 Å². The van der Waals surface area contributed by atoms with Crippen LogP contribution in [-0.2, 0) is 27.8 Å². The Morgan fingerprint density at radius 2 is 1.93 bits per heavy atom. The van der Waals surface area contributed by atoms with Crippen LogP contribution >= 0.6 is 11.6 Å². The number of amides is 1. The number of rotatable bonds is 3. The van der Waals surface area contributed by atoms with Crippen molar-refractivity contribution in [2.45, 2.75) is 90.1 Å². The highest BCUT2D eigenvalue weighted by molar-refractivity contribution is 7.90. The molecule has 0 spiro atoms. The number of anilines is 1. The molecule has 0 unspecified atom stereocenters. The number of sulfonamides is 1. The summed E-state index contributed by atoms with van der Waals surface area (Å²) in [5.41, 5.74) is 4.13. The Morgan fingerprint density at radius 3 is 2.65 bits per heavy atom. The van der Waals surface area contributed by atoms with E-state index in [2.05, 4.69) is 41.7 Å². The highest BCUT2D eigenvalue weighted by Gasteiger charge is 2.46. The first-order valence-electron chi connectivity index (χ1n) is 16.6. The molecule has 1 saturated carbocycles. The lowest BCUT2D eigenvalue weighted by atomic mass is 9.63. The summed E-state index contributed by atoms with van der Waals surface area (Å²) < 4.78 is 42.1. The third-order valence-corrected chi connectivity index (χ3v) is 12.5. The zero-order valence-electron chi connectivity index (χ0n) is 27.9. The van der Waals surface area contributed by atoms with Gasteiger partial charge in [0.2, 0.25) is 10.0 Å². The van der Waals surface area contributed by atoms with Crippen molar-refractivity contribution in [2.24, 2.45) is 17.8 Å². The molecule has 7 nitrogen and oxygen atoms in total. The summed E-state index contributed by atoms with van der Waals surface area (Å²) >= 11 is 6.36. The second-order valence-electron chi connectivity index (χ2n) is 13.7. The molecule has 3 aliphatic rings. The number of benzene rings is 2. The Kier molecular flexibility index (Phi) is 10.9. The molecule has 1 aliphatic carbocycles. The number of aryl methyl sites for hydroxylation is 1. The van der Waals surface area contributed by atoms with Crippen LogP contribution in [0.4, 0.5) is 5.69 Å². The first-order valence-corrected chi connectivity index (χ1v) is 18.6. The molecule has 2 aromatic carbocycles. The number of nitrogens with zero attached hydrogens (tertiary/aromatic N) is 1. The van der Waals surface area contributed by atoms with Gasteiger partial charge in [0.15, 0.2) is 0 Å². The Bertz CT molecular complexity index is 1580. The fourth-order valence-electron chi connectivity index (χ4n) is 7.06. The lowest BCUT2D eigenvalue weighted by Gasteiger charge is -2.50. The lowest BCUT2D eigenvalue weighted by molar-refractivity contribution is -0.0729. The van der Waals surface area contributed by atoms with E-state index < -0.39 is 26.8 Å². The van der Waals surface area contributed by atoms with Gasteiger partial charge < -0.3 is 14.4 Å². The fourth-order valence-corrected chi connectivity index (χ4v) is 8.54. The van der Waals surface area contributed by atoms with Gasteiger partial charge in [0.1, 0.15) is 12.4 Å². The van der Waals surface area contributed by atoms with Crippen LogP contribution in [0, 0.1) is 17.8 Å². The maximum atomic E-state index is 13.5. The van der Waals surface area contributed by atoms with Gasteiger partial charge in [-0.3, -0.25) is 4.79 Å². The predicted molar refractivity (Wildman–Crippen MR) is 186 cm³/mol. The van der Waals surface area contributed by atoms with Crippen LogP contribution < -0.4 is 14.4 Å². The summed E-state index contributed by atoms with van der Waals surface area (Å²) in [4.78, 5) is 15.8. The van der Waals surface area contributed by atoms with E-state index in [4.69, 9.17) is 21.1 Å². The largest absolute Gasteiger partial charge is 0.487 e. The van der Waals surface area contributed by atoms with E-state index in [1.54, 1.807) is 26.2 Å². The number of carbonyl (C=O) groups excluding carboxylic acids is 1. The van der Waals surface area contributed by atoms with Crippen molar-refractivity contribution >= 4 is 33.2 Å². The third kappa shape index (κ3) is 7.66. The molecular weight excluding hydrogens is 620 g/mol. The van der Waals surface area contributed by atoms with Crippen LogP contribution in [0.25, 0.3) is 0 Å². The van der Waals surface area contributed by atoms with E-state index in [0.29, 0.717) is 35.3 Å². The smallest absolute Gasteiger partial charge is 0.264 e. The summed E-state index contributed by atoms with van der Waals surface area (Å²) in [6.45, 7) is 9.73. The SMILES string of the molecule is CO[C@@]1(CC=C(C)C)/C=C/C[C@H](C)[C@@H](C)S(=O)(=O)NC(=O)c2ccc3c(c2)N(CCCCc2cc(Cl)ccc2CO3)C[C@@H]2CC[C@H]21. The van der Waals surface area contributed by atoms with E-state index >= 15 is 0 Å². The minimum atomic E-state index is -3.93. The van der Waals surface area contributed by atoms with Crippen LogP contribution in [0.15, 0.2) is 60.2 Å². The average Bonchev–Trinajstić information content (AvgIpc) is 3.03. The number of ether oxygens (including phenoxy) is 2. The van der Waals surface area contributed by atoms with Gasteiger partial charge in [-0.1, -0.05) is 48.4 Å². The van der Waals surface area contributed by atoms with Gasteiger partial charge in [-0.2, -0.15) is 0 Å². The molecule has 1 fully saturated rings. The van der Waals surface area contributed by atoms with Crippen molar-refractivity contribution in [3.8, 4) is 5.75 Å². The highest BCUT2D eigenvalue weighted by atomic mass is 35.5. The van der Waals surface area contributed by atoms with Gasteiger partial charge in [-0.25, -0.2) is 13.1 Å². The molecule has 2 aromatic rings. The Labute approximate surface area is 280 Å². The molecule has 5 rings (SSSR count). The zero-order valence-corrected chi connectivity index (χ0v) is 29.4. The molecule has 9 heteroatoms. The second kappa shape index (κ2) is 14.5. The standard InChI is InChI=1S/C37H49ClN2O5S/c1-25(2)17-19-37(44-5)18-8-9-26(3)27(4)46(42,43)39-36(41)29-13-16-35-34(22-29)40(23-30-12-15-33(30)37)20-7-6-10-28-21-32(38)14-11-31(28)24-45-35/h8,11,13-14,16-18,21-22,26-27,30,33H,6-7,9-10,12,15,19-20,23-24H2,1-5H3,(H,39,41)/b18-8+/t26-,27+,30-,33+,37+/m0/s1. The topological polar surface area (TPSA) is 84.9 Å². The summed E-state index contributed by atoms with van der Waals surface area (Å²) in [6.07, 6.45) is 12.8. The number of halogens is 1. The monoisotopic (exact) mass is 668 g/mol. The molecule has 0 radical (unpaired) electrons. The molecule has 2 bridgehead atoms. The van der Waals surface area contributed by atoms with Crippen molar-refractivity contribution < 1.29 is 22.7 Å². The van der Waals surface area contributed by atoms with Crippen molar-refractivity contribution in [2.75, 3.05) is 25.1 Å². The molecule has 5 atom stereocenters. The molecule has 0 aromatic heterocycles. The number of methoxy groups -OCH3 is 1. The summed E-state index contributed by atoms with van der Waals surface area (Å²) in [7, 11) is -2.13. The summed E-state index contributed by atoms with van der Waals surface area (Å²) in [6, 6.07) is 11.2. The lowest BCUT2D eigenvalue weighted by Crippen LogP contribution is -2.51. The van der Waals surface area contributed by atoms with Crippen molar-refractivity contribution in [3.63, 3.8) is 0 Å². The van der Waals surface area contributed by atoms with Crippen LogP contribution in [-0.4, -0.2) is 45.4 Å². The number of nitrogens with one attached hydrogen (secondary N) is 1. The van der Waals surface area contributed by atoms with Crippen molar-refractivity contribution in [3.05, 3.63) is 81.9 Å². The van der Waals surface area contributed by atoms with E-state index in [-0.39, 0.29) is 11.8 Å². The highest BCUT2D eigenvalue weighted by Crippen LogP contribution is 2.48. The number of allylic oxidation sites excluding steroid dienone is 2. The predicted octanol–water partition coefficient (Wildman–Crippen LogP) is 7.87. The summed E-state index contributed by atoms with van der Waals surface area (Å²) in [5, 5.41) is -0.0531. The minimum Gasteiger partial charge on any atom is -0.487 e. The number of fused-ring (bicyclic) bond motifs is 3. The molecule has 1 amide bonds. The third-order valence-electron chi connectivity index (χ3n) is 10.4. The van der Waals surface area contributed by atoms with Crippen LogP contribution in [0.2, 0.25) is 5.02 Å². The first kappa shape index (κ1) is 34.5. The molecule has 250 valence electrons. The molecular formula is C37H49ClN2O5S. The molecule has 46 heavy (non-hydrogen) atoms. The van der Waals surface area contributed by atoms with E-state index in [1.807, 2.05) is 31.2 Å². The molecule has 0 saturated heterocycles. The van der Waals surface area contributed by atoms with Gasteiger partial charge >= 0.3 is 0 Å². The van der Waals surface area contributed by atoms with Gasteiger partial charge in [-0.15, -0.1) is 0 Å². The number of hydrogen-bond donors (Lipinski definition) is 1. The van der Waals surface area contributed by atoms with E-state index in [9.17, 15) is 13.2 Å². The Morgan fingerprint density at radius 1 is 1.13 bits per heavy atom. The molecule has 1 N–H and O–H groups in total. The van der Waals surface area contributed by atoms with Gasteiger partial charge in [-0.05, 0) is 125 Å². The summed E-state index contributed by atoms with van der Waals surface area (Å²) in [5.74, 6) is 0.489. The molecule has 2 aliphatic heterocycles. The van der Waals surface area contributed by atoms with Crippen molar-refractivity contribution in [1.29, 1.82) is 0 Å². The normalized spacial score (nSPS) is 29.0. The maximum absolute atomic E-state index is 13.5. The number of carbonyl (C=O) groups is 1. The van der Waals surface area contributed by atoms with Gasteiger partial charge in [0.25, 0.3) is 5.91 Å². The molecule has 2 heterocycles. The minimum absolute atomic E-state index is 0.210. The fraction of sp³-hybridized carbons (Fsp3) is 0.541. The quantitative estimate of drug-likeness (QED) is 0.335.